The van der Waals surface area contributed by atoms with E-state index in [0.29, 0.717) is 0 Å². The number of ether oxygens (including phenoxy) is 11. The molecule has 264 valence electrons. The van der Waals surface area contributed by atoms with Crippen molar-refractivity contribution in [2.75, 3.05) is 19.8 Å². The Bertz CT molecular complexity index is 1210. The predicted octanol–water partition coefficient (Wildman–Crippen LogP) is -0.829. The summed E-state index contributed by atoms with van der Waals surface area (Å²) in [5.74, 6) is -9.54. The number of carbonyl (C=O) groups is 8. The van der Waals surface area contributed by atoms with E-state index in [2.05, 4.69) is 0 Å². The van der Waals surface area contributed by atoms with E-state index in [0.717, 1.165) is 55.4 Å². The van der Waals surface area contributed by atoms with E-state index in [4.69, 9.17) is 52.1 Å². The van der Waals surface area contributed by atoms with Gasteiger partial charge in [-0.3, -0.25) is 38.4 Å². The van der Waals surface area contributed by atoms with E-state index < -0.39 is 122 Å². The monoisotopic (exact) mass is 678 g/mol. The van der Waals surface area contributed by atoms with Crippen LogP contribution in [0.25, 0.3) is 0 Å². The molecule has 0 spiro atoms. The zero-order valence-electron chi connectivity index (χ0n) is 27.0. The van der Waals surface area contributed by atoms with Crippen LogP contribution in [-0.2, 0) is 90.5 Å². The summed E-state index contributed by atoms with van der Waals surface area (Å²) in [6.45, 7) is 6.12. The van der Waals surface area contributed by atoms with Crippen molar-refractivity contribution in [2.24, 2.45) is 0 Å². The van der Waals surface area contributed by atoms with Crippen LogP contribution in [0.5, 0.6) is 0 Å². The molecule has 0 N–H and O–H groups in total. The molecule has 0 amide bonds. The Morgan fingerprint density at radius 3 is 1.38 bits per heavy atom. The molecule has 0 aromatic heterocycles. The molecule has 0 aliphatic carbocycles. The maximum atomic E-state index is 12.3. The smallest absolute Gasteiger partial charge is 0.303 e. The topological polar surface area (TPSA) is 238 Å². The van der Waals surface area contributed by atoms with Crippen LogP contribution in [0, 0.1) is 0 Å². The molecule has 0 aromatic carbocycles. The molecule has 2 aliphatic heterocycles. The highest BCUT2D eigenvalue weighted by atomic mass is 16.8. The third-order valence-electron chi connectivity index (χ3n) is 6.24. The van der Waals surface area contributed by atoms with Crippen LogP contribution in [0.2, 0.25) is 0 Å². The van der Waals surface area contributed by atoms with Gasteiger partial charge in [0.15, 0.2) is 30.5 Å². The van der Waals surface area contributed by atoms with Crippen LogP contribution in [0.15, 0.2) is 0 Å². The summed E-state index contributed by atoms with van der Waals surface area (Å²) in [6, 6.07) is 0. The molecule has 0 saturated carbocycles. The molecule has 0 bridgehead atoms. The molecule has 0 unspecified atom stereocenters. The van der Waals surface area contributed by atoms with Crippen LogP contribution in [-0.4, -0.2) is 122 Å². The van der Waals surface area contributed by atoms with Gasteiger partial charge in [0.2, 0.25) is 12.1 Å². The molecule has 2 saturated heterocycles. The predicted molar refractivity (Wildman–Crippen MR) is 145 cm³/mol. The van der Waals surface area contributed by atoms with Gasteiger partial charge in [0.05, 0.1) is 0 Å². The van der Waals surface area contributed by atoms with Crippen molar-refractivity contribution in [2.45, 2.75) is 110 Å². The second-order valence-electron chi connectivity index (χ2n) is 10.3. The normalized spacial score (nSPS) is 29.8. The van der Waals surface area contributed by atoms with Gasteiger partial charge in [-0.05, 0) is 0 Å². The Morgan fingerprint density at radius 1 is 0.489 bits per heavy atom. The highest BCUT2D eigenvalue weighted by Crippen LogP contribution is 2.41. The van der Waals surface area contributed by atoms with Crippen molar-refractivity contribution in [1.29, 1.82) is 0 Å². The van der Waals surface area contributed by atoms with Crippen molar-refractivity contribution in [3.05, 3.63) is 0 Å². The van der Waals surface area contributed by atoms with Crippen molar-refractivity contribution < 1.29 is 90.5 Å². The molecule has 2 fully saturated rings. The lowest BCUT2D eigenvalue weighted by molar-refractivity contribution is -0.384. The van der Waals surface area contributed by atoms with Gasteiger partial charge < -0.3 is 52.1 Å². The number of esters is 8. The van der Waals surface area contributed by atoms with Crippen LogP contribution in [0.3, 0.4) is 0 Å². The fourth-order valence-electron chi connectivity index (χ4n) is 4.76. The van der Waals surface area contributed by atoms with Gasteiger partial charge in [-0.15, -0.1) is 0 Å². The van der Waals surface area contributed by atoms with Gasteiger partial charge in [0.25, 0.3) is 0 Å². The Kier molecular flexibility index (Phi) is 14.0. The van der Waals surface area contributed by atoms with Crippen LogP contribution < -0.4 is 0 Å². The van der Waals surface area contributed by atoms with Crippen molar-refractivity contribution >= 4 is 47.8 Å². The van der Waals surface area contributed by atoms with Gasteiger partial charge in [-0.25, -0.2) is 0 Å². The first-order chi connectivity index (χ1) is 21.8. The molecule has 19 nitrogen and oxygen atoms in total. The van der Waals surface area contributed by atoms with E-state index in [1.807, 2.05) is 0 Å². The summed E-state index contributed by atoms with van der Waals surface area (Å²) in [5.41, 5.74) is 0. The van der Waals surface area contributed by atoms with Crippen molar-refractivity contribution in [3.8, 4) is 0 Å². The molecule has 9 atom stereocenters. The number of rotatable bonds is 13. The molecule has 0 aromatic rings. The molecule has 2 aliphatic rings. The number of carbonyl (C=O) groups excluding carboxylic acids is 8. The van der Waals surface area contributed by atoms with Crippen LogP contribution >= 0.6 is 0 Å². The fourth-order valence-corrected chi connectivity index (χ4v) is 4.76. The van der Waals surface area contributed by atoms with E-state index in [1.165, 1.54) is 0 Å². The largest absolute Gasteiger partial charge is 0.463 e. The van der Waals surface area contributed by atoms with Crippen molar-refractivity contribution in [3.63, 3.8) is 0 Å². The van der Waals surface area contributed by atoms with Gasteiger partial charge >= 0.3 is 47.8 Å². The zero-order valence-corrected chi connectivity index (χ0v) is 27.0. The first-order valence-electron chi connectivity index (χ1n) is 14.1. The molecule has 19 heteroatoms. The van der Waals surface area contributed by atoms with Gasteiger partial charge in [0, 0.05) is 55.4 Å². The second kappa shape index (κ2) is 17.0. The van der Waals surface area contributed by atoms with E-state index >= 15 is 0 Å². The van der Waals surface area contributed by atoms with Gasteiger partial charge in [-0.1, -0.05) is 0 Å². The molecule has 2 heterocycles. The highest BCUT2D eigenvalue weighted by Gasteiger charge is 2.65. The summed E-state index contributed by atoms with van der Waals surface area (Å²) < 4.78 is 60.5. The summed E-state index contributed by atoms with van der Waals surface area (Å²) in [4.78, 5) is 96.4. The standard InChI is InChI=1S/C28H38O19/c1-12(29)37-9-20-22(40-15(4)32)24(42-17(6)34)25(43-18(7)35)27(45-20)47-28(11-39-14(3)31)26(44-19(8)36)23(41-16(5)33)21(46-28)10-38-13(2)30/h20-27H,9-11H2,1-8H3/t20-,21+,22-,23+,24+,25-,26-,27+,28-/m0/s1. The average molecular weight is 679 g/mol. The lowest BCUT2D eigenvalue weighted by Crippen LogP contribution is -2.65. The minimum atomic E-state index is -2.48. The first kappa shape index (κ1) is 38.8. The summed E-state index contributed by atoms with van der Waals surface area (Å²) in [7, 11) is 0. The maximum Gasteiger partial charge on any atom is 0.303 e. The van der Waals surface area contributed by atoms with Gasteiger partial charge in [0.1, 0.15) is 32.0 Å². The third kappa shape index (κ3) is 11.4. The van der Waals surface area contributed by atoms with Crippen molar-refractivity contribution in [1.82, 2.24) is 0 Å². The second-order valence-corrected chi connectivity index (χ2v) is 10.3. The Balaban J connectivity index is 2.78. The lowest BCUT2D eigenvalue weighted by atomic mass is 9.97. The highest BCUT2D eigenvalue weighted by molar-refractivity contribution is 5.69. The molecular weight excluding hydrogens is 640 g/mol. The summed E-state index contributed by atoms with van der Waals surface area (Å²) >= 11 is 0. The Morgan fingerprint density at radius 2 is 0.915 bits per heavy atom. The zero-order chi connectivity index (χ0) is 35.6. The van der Waals surface area contributed by atoms with E-state index in [9.17, 15) is 38.4 Å². The SMILES string of the molecule is CC(=O)OC[C@@H]1O[C@H](O[C@]2(COC(C)=O)O[C@H](COC(C)=O)[C@@H](OC(C)=O)[C@@H]2OC(C)=O)[C@@H](OC(C)=O)[C@H](OC(C)=O)[C@H]1OC(C)=O. The minimum Gasteiger partial charge on any atom is -0.463 e. The quantitative estimate of drug-likeness (QED) is 0.171. The summed E-state index contributed by atoms with van der Waals surface area (Å²) in [6.07, 6.45) is -13.2. The first-order valence-corrected chi connectivity index (χ1v) is 14.1. The Labute approximate surface area is 268 Å². The van der Waals surface area contributed by atoms with E-state index in [1.54, 1.807) is 0 Å². The molecule has 47 heavy (non-hydrogen) atoms. The Hall–Kier alpha value is -4.36. The number of hydrogen-bond acceptors (Lipinski definition) is 19. The van der Waals surface area contributed by atoms with Crippen LogP contribution in [0.1, 0.15) is 55.4 Å². The molecule has 0 radical (unpaired) electrons. The summed E-state index contributed by atoms with van der Waals surface area (Å²) in [5, 5.41) is 0. The minimum absolute atomic E-state index is 0.588. The van der Waals surface area contributed by atoms with E-state index in [-0.39, 0.29) is 0 Å². The molecule has 2 rings (SSSR count). The molecular formula is C28H38O19. The van der Waals surface area contributed by atoms with Gasteiger partial charge in [-0.2, -0.15) is 0 Å². The maximum absolute atomic E-state index is 12.3. The fraction of sp³-hybridized carbons (Fsp3) is 0.714. The van der Waals surface area contributed by atoms with Crippen LogP contribution in [0.4, 0.5) is 0 Å². The number of hydrogen-bond donors (Lipinski definition) is 0. The average Bonchev–Trinajstić information content (AvgIpc) is 3.18. The lowest BCUT2D eigenvalue weighted by Gasteiger charge is -2.46. The third-order valence-corrected chi connectivity index (χ3v) is 6.24.